The Balaban J connectivity index is 2.08. The molecule has 5 heteroatoms. The van der Waals surface area contributed by atoms with E-state index in [4.69, 9.17) is 16.2 Å². The van der Waals surface area contributed by atoms with Crippen molar-refractivity contribution in [3.8, 4) is 5.75 Å². The average molecular weight is 327 g/mol. The first kappa shape index (κ1) is 14.3. The van der Waals surface area contributed by atoms with Gasteiger partial charge in [0, 0.05) is 4.47 Å². The van der Waals surface area contributed by atoms with Crippen molar-refractivity contribution in [2.45, 2.75) is 37.6 Å². The second-order valence-electron chi connectivity index (χ2n) is 5.22. The van der Waals surface area contributed by atoms with Crippen LogP contribution in [0, 0.1) is 0 Å². The number of carbonyl (C=O) groups excluding carboxylic acids is 1. The van der Waals surface area contributed by atoms with E-state index in [1.807, 2.05) is 6.07 Å². The number of halogens is 1. The predicted molar refractivity (Wildman–Crippen MR) is 78.2 cm³/mol. The fourth-order valence-electron chi connectivity index (χ4n) is 2.44. The van der Waals surface area contributed by atoms with Gasteiger partial charge in [-0.3, -0.25) is 4.79 Å². The van der Waals surface area contributed by atoms with E-state index in [1.54, 1.807) is 12.1 Å². The lowest BCUT2D eigenvalue weighted by atomic mass is 9.83. The molecule has 104 valence electrons. The molecule has 0 bridgehead atoms. The van der Waals surface area contributed by atoms with Crippen LogP contribution in [0.3, 0.4) is 0 Å². The van der Waals surface area contributed by atoms with Crippen molar-refractivity contribution >= 4 is 21.8 Å². The first-order valence-electron chi connectivity index (χ1n) is 6.51. The van der Waals surface area contributed by atoms with Crippen LogP contribution in [-0.2, 0) is 0 Å². The molecule has 0 unspecified atom stereocenters. The quantitative estimate of drug-likeness (QED) is 0.892. The molecule has 0 atom stereocenters. The number of amides is 1. The van der Waals surface area contributed by atoms with E-state index in [0.29, 0.717) is 17.9 Å². The maximum Gasteiger partial charge on any atom is 0.252 e. The summed E-state index contributed by atoms with van der Waals surface area (Å²) in [5, 5.41) is 0. The molecular weight excluding hydrogens is 308 g/mol. The molecular formula is C14H19BrN2O2. The van der Waals surface area contributed by atoms with Crippen LogP contribution in [0.15, 0.2) is 22.7 Å². The lowest BCUT2D eigenvalue weighted by Gasteiger charge is -2.33. The first-order valence-corrected chi connectivity index (χ1v) is 7.30. The highest BCUT2D eigenvalue weighted by Crippen LogP contribution is 2.28. The first-order chi connectivity index (χ1) is 9.00. The molecule has 2 rings (SSSR count). The lowest BCUT2D eigenvalue weighted by molar-refractivity contribution is 0.0992. The minimum absolute atomic E-state index is 0.278. The van der Waals surface area contributed by atoms with Crippen molar-refractivity contribution < 1.29 is 9.53 Å². The summed E-state index contributed by atoms with van der Waals surface area (Å²) in [6.45, 7) is 0.426. The van der Waals surface area contributed by atoms with Gasteiger partial charge >= 0.3 is 0 Å². The number of primary amides is 1. The van der Waals surface area contributed by atoms with Gasteiger partial charge in [0.25, 0.3) is 5.91 Å². The molecule has 1 aliphatic rings. The molecule has 1 aromatic carbocycles. The van der Waals surface area contributed by atoms with E-state index in [1.165, 1.54) is 6.42 Å². The van der Waals surface area contributed by atoms with Gasteiger partial charge in [-0.15, -0.1) is 0 Å². The fourth-order valence-corrected chi connectivity index (χ4v) is 2.80. The number of rotatable bonds is 4. The van der Waals surface area contributed by atoms with Crippen LogP contribution in [0.5, 0.6) is 5.75 Å². The van der Waals surface area contributed by atoms with Crippen LogP contribution in [0.2, 0.25) is 0 Å². The van der Waals surface area contributed by atoms with Crippen LogP contribution >= 0.6 is 15.9 Å². The van der Waals surface area contributed by atoms with Crippen molar-refractivity contribution in [1.82, 2.24) is 0 Å². The van der Waals surface area contributed by atoms with Crippen LogP contribution < -0.4 is 16.2 Å². The Morgan fingerprint density at radius 3 is 2.63 bits per heavy atom. The van der Waals surface area contributed by atoms with Gasteiger partial charge in [0.2, 0.25) is 0 Å². The predicted octanol–water partition coefficient (Wildman–Crippen LogP) is 2.59. The highest BCUT2D eigenvalue weighted by Gasteiger charge is 2.28. The SMILES string of the molecule is NC(=O)c1cc(Br)ccc1OCC1(N)CCCCC1. The Morgan fingerprint density at radius 2 is 2.00 bits per heavy atom. The Morgan fingerprint density at radius 1 is 1.32 bits per heavy atom. The maximum atomic E-state index is 11.4. The second-order valence-corrected chi connectivity index (χ2v) is 6.13. The number of hydrogen-bond acceptors (Lipinski definition) is 3. The third-order valence-corrected chi connectivity index (χ3v) is 4.06. The largest absolute Gasteiger partial charge is 0.491 e. The Labute approximate surface area is 121 Å². The van der Waals surface area contributed by atoms with Crippen molar-refractivity contribution in [2.24, 2.45) is 11.5 Å². The molecule has 1 aliphatic carbocycles. The summed E-state index contributed by atoms with van der Waals surface area (Å²) in [5.41, 5.74) is 11.8. The van der Waals surface area contributed by atoms with Gasteiger partial charge in [-0.05, 0) is 31.0 Å². The van der Waals surface area contributed by atoms with Gasteiger partial charge in [0.1, 0.15) is 12.4 Å². The average Bonchev–Trinajstić information content (AvgIpc) is 2.38. The number of benzene rings is 1. The lowest BCUT2D eigenvalue weighted by Crippen LogP contribution is -2.47. The normalized spacial score (nSPS) is 18.0. The summed E-state index contributed by atoms with van der Waals surface area (Å²) in [4.78, 5) is 11.4. The monoisotopic (exact) mass is 326 g/mol. The van der Waals surface area contributed by atoms with Crippen molar-refractivity contribution in [1.29, 1.82) is 0 Å². The van der Waals surface area contributed by atoms with Gasteiger partial charge in [0.15, 0.2) is 0 Å². The summed E-state index contributed by atoms with van der Waals surface area (Å²) in [6.07, 6.45) is 5.46. The highest BCUT2D eigenvalue weighted by molar-refractivity contribution is 9.10. The molecule has 0 aliphatic heterocycles. The maximum absolute atomic E-state index is 11.4. The summed E-state index contributed by atoms with van der Waals surface area (Å²) < 4.78 is 6.55. The molecule has 4 nitrogen and oxygen atoms in total. The van der Waals surface area contributed by atoms with Crippen LogP contribution in [-0.4, -0.2) is 18.1 Å². The van der Waals surface area contributed by atoms with Crippen molar-refractivity contribution in [3.63, 3.8) is 0 Å². The van der Waals surface area contributed by atoms with Gasteiger partial charge in [-0.25, -0.2) is 0 Å². The fraction of sp³-hybridized carbons (Fsp3) is 0.500. The smallest absolute Gasteiger partial charge is 0.252 e. The molecule has 19 heavy (non-hydrogen) atoms. The Kier molecular flexibility index (Phi) is 4.47. The molecule has 1 fully saturated rings. The topological polar surface area (TPSA) is 78.3 Å². The Bertz CT molecular complexity index is 471. The van der Waals surface area contributed by atoms with Crippen molar-refractivity contribution in [3.05, 3.63) is 28.2 Å². The zero-order valence-corrected chi connectivity index (χ0v) is 12.4. The molecule has 4 N–H and O–H groups in total. The van der Waals surface area contributed by atoms with Gasteiger partial charge in [0.05, 0.1) is 11.1 Å². The minimum atomic E-state index is -0.494. The Hall–Kier alpha value is -1.07. The molecule has 0 saturated heterocycles. The molecule has 0 spiro atoms. The zero-order chi connectivity index (χ0) is 13.9. The van der Waals surface area contributed by atoms with E-state index in [-0.39, 0.29) is 5.54 Å². The molecule has 0 aromatic heterocycles. The number of ether oxygens (including phenoxy) is 1. The summed E-state index contributed by atoms with van der Waals surface area (Å²) in [6, 6.07) is 5.24. The van der Waals surface area contributed by atoms with E-state index in [2.05, 4.69) is 15.9 Å². The van der Waals surface area contributed by atoms with Gasteiger partial charge < -0.3 is 16.2 Å². The highest BCUT2D eigenvalue weighted by atomic mass is 79.9. The summed E-state index contributed by atoms with van der Waals surface area (Å²) in [7, 11) is 0. The molecule has 0 radical (unpaired) electrons. The van der Waals surface area contributed by atoms with E-state index < -0.39 is 5.91 Å². The van der Waals surface area contributed by atoms with E-state index >= 15 is 0 Å². The molecule has 0 heterocycles. The van der Waals surface area contributed by atoms with E-state index in [0.717, 1.165) is 30.2 Å². The standard InChI is InChI=1S/C14H19BrN2O2/c15-10-4-5-12(11(8-10)13(16)18)19-9-14(17)6-2-1-3-7-14/h4-5,8H,1-3,6-7,9,17H2,(H2,16,18). The van der Waals surface area contributed by atoms with Crippen molar-refractivity contribution in [2.75, 3.05) is 6.61 Å². The summed E-state index contributed by atoms with van der Waals surface area (Å²) >= 11 is 3.31. The second kappa shape index (κ2) is 5.92. The van der Waals surface area contributed by atoms with Gasteiger partial charge in [-0.1, -0.05) is 35.2 Å². The number of carbonyl (C=O) groups is 1. The third kappa shape index (κ3) is 3.70. The van der Waals surface area contributed by atoms with Crippen LogP contribution in [0.25, 0.3) is 0 Å². The number of nitrogens with two attached hydrogens (primary N) is 2. The van der Waals surface area contributed by atoms with Gasteiger partial charge in [-0.2, -0.15) is 0 Å². The van der Waals surface area contributed by atoms with Crippen LogP contribution in [0.1, 0.15) is 42.5 Å². The van der Waals surface area contributed by atoms with E-state index in [9.17, 15) is 4.79 Å². The molecule has 1 amide bonds. The molecule has 1 saturated carbocycles. The van der Waals surface area contributed by atoms with Crippen LogP contribution in [0.4, 0.5) is 0 Å². The zero-order valence-electron chi connectivity index (χ0n) is 10.8. The molecule has 1 aromatic rings. The summed E-state index contributed by atoms with van der Waals surface area (Å²) in [5.74, 6) is 0.0112. The minimum Gasteiger partial charge on any atom is -0.491 e. The third-order valence-electron chi connectivity index (χ3n) is 3.57. The number of hydrogen-bond donors (Lipinski definition) is 2.